The Kier molecular flexibility index (Phi) is 5.80. The number of nitrogens with one attached hydrogen (secondary N) is 2. The van der Waals surface area contributed by atoms with Crippen molar-refractivity contribution in [1.82, 2.24) is 25.2 Å². The standard InChI is InChI=1S/C16H21F3N6OS/c1-9(25(2)6-16(17,18)19)14(26)20-5-10-3-11(4-10)24-13-12-15(22-7-21-13)27-8-23-12/h7-11H,3-6H2,1-2H3,(H,20,26)(H,21,22,24). The molecule has 0 radical (unpaired) electrons. The third-order valence-corrected chi connectivity index (χ3v) is 5.48. The van der Waals surface area contributed by atoms with E-state index in [0.717, 1.165) is 28.1 Å². The quantitative estimate of drug-likeness (QED) is 0.739. The number of nitrogens with zero attached hydrogens (tertiary/aromatic N) is 4. The molecule has 148 valence electrons. The number of carbonyl (C=O) groups excluding carboxylic acids is 1. The molecular weight excluding hydrogens is 381 g/mol. The lowest BCUT2D eigenvalue weighted by Crippen LogP contribution is -2.49. The third-order valence-electron chi connectivity index (χ3n) is 4.75. The summed E-state index contributed by atoms with van der Waals surface area (Å²) >= 11 is 1.45. The van der Waals surface area contributed by atoms with Crippen molar-refractivity contribution in [3.8, 4) is 0 Å². The molecule has 2 aromatic heterocycles. The van der Waals surface area contributed by atoms with Crippen LogP contribution in [-0.2, 0) is 4.79 Å². The third kappa shape index (κ3) is 5.04. The molecule has 7 nitrogen and oxygen atoms in total. The summed E-state index contributed by atoms with van der Waals surface area (Å²) in [6.45, 7) is 0.818. The van der Waals surface area contributed by atoms with Gasteiger partial charge in [0.2, 0.25) is 5.91 Å². The van der Waals surface area contributed by atoms with Crippen molar-refractivity contribution in [1.29, 1.82) is 0 Å². The molecule has 3 rings (SSSR count). The van der Waals surface area contributed by atoms with Crippen LogP contribution >= 0.6 is 11.3 Å². The molecule has 27 heavy (non-hydrogen) atoms. The van der Waals surface area contributed by atoms with E-state index in [1.165, 1.54) is 31.6 Å². The lowest BCUT2D eigenvalue weighted by Gasteiger charge is -2.36. The smallest absolute Gasteiger partial charge is 0.365 e. The Labute approximate surface area is 158 Å². The van der Waals surface area contributed by atoms with Gasteiger partial charge in [0.05, 0.1) is 18.1 Å². The fraction of sp³-hybridized carbons (Fsp3) is 0.625. The molecular formula is C16H21F3N6OS. The molecule has 1 aliphatic rings. The summed E-state index contributed by atoms with van der Waals surface area (Å²) in [5, 5.41) is 6.09. The van der Waals surface area contributed by atoms with Crippen LogP contribution in [-0.4, -0.2) is 64.2 Å². The van der Waals surface area contributed by atoms with Crippen molar-refractivity contribution in [2.45, 2.75) is 38.0 Å². The molecule has 0 saturated heterocycles. The number of alkyl halides is 3. The maximum absolute atomic E-state index is 12.4. The fourth-order valence-electron chi connectivity index (χ4n) is 3.03. The van der Waals surface area contributed by atoms with Gasteiger partial charge < -0.3 is 10.6 Å². The summed E-state index contributed by atoms with van der Waals surface area (Å²) in [5.41, 5.74) is 2.47. The Balaban J connectivity index is 1.40. The molecule has 0 aromatic carbocycles. The molecule has 0 aliphatic heterocycles. The van der Waals surface area contributed by atoms with Crippen molar-refractivity contribution < 1.29 is 18.0 Å². The van der Waals surface area contributed by atoms with Gasteiger partial charge in [-0.1, -0.05) is 0 Å². The van der Waals surface area contributed by atoms with E-state index in [1.54, 1.807) is 5.51 Å². The molecule has 0 spiro atoms. The summed E-state index contributed by atoms with van der Waals surface area (Å²) < 4.78 is 37.2. The molecule has 1 aliphatic carbocycles. The first kappa shape index (κ1) is 19.7. The monoisotopic (exact) mass is 402 g/mol. The summed E-state index contributed by atoms with van der Waals surface area (Å²) in [7, 11) is 1.29. The highest BCUT2D eigenvalue weighted by molar-refractivity contribution is 7.16. The topological polar surface area (TPSA) is 83.0 Å². The lowest BCUT2D eigenvalue weighted by atomic mass is 9.80. The van der Waals surface area contributed by atoms with E-state index in [4.69, 9.17) is 0 Å². The van der Waals surface area contributed by atoms with Gasteiger partial charge in [-0.05, 0) is 32.7 Å². The van der Waals surface area contributed by atoms with E-state index in [9.17, 15) is 18.0 Å². The Morgan fingerprint density at radius 1 is 1.37 bits per heavy atom. The van der Waals surface area contributed by atoms with Crippen molar-refractivity contribution >= 4 is 33.4 Å². The lowest BCUT2D eigenvalue weighted by molar-refractivity contribution is -0.151. The first-order chi connectivity index (χ1) is 12.7. The van der Waals surface area contributed by atoms with E-state index in [-0.39, 0.29) is 6.04 Å². The molecule has 2 N–H and O–H groups in total. The highest BCUT2D eigenvalue weighted by atomic mass is 32.1. The Morgan fingerprint density at radius 2 is 2.11 bits per heavy atom. The van der Waals surface area contributed by atoms with Gasteiger partial charge in [0, 0.05) is 12.6 Å². The van der Waals surface area contributed by atoms with Gasteiger partial charge in [-0.2, -0.15) is 13.2 Å². The zero-order valence-corrected chi connectivity index (χ0v) is 15.8. The summed E-state index contributed by atoms with van der Waals surface area (Å²) in [4.78, 5) is 26.5. The molecule has 1 unspecified atom stereocenters. The number of rotatable bonds is 7. The maximum atomic E-state index is 12.4. The van der Waals surface area contributed by atoms with Crippen LogP contribution in [0.3, 0.4) is 0 Å². The molecule has 11 heteroatoms. The van der Waals surface area contributed by atoms with Gasteiger partial charge in [0.15, 0.2) is 5.82 Å². The average molecular weight is 402 g/mol. The van der Waals surface area contributed by atoms with E-state index in [0.29, 0.717) is 18.3 Å². The van der Waals surface area contributed by atoms with E-state index >= 15 is 0 Å². The van der Waals surface area contributed by atoms with Gasteiger partial charge >= 0.3 is 6.18 Å². The zero-order valence-electron chi connectivity index (χ0n) is 15.0. The fourth-order valence-corrected chi connectivity index (χ4v) is 3.65. The van der Waals surface area contributed by atoms with Gasteiger partial charge in [0.25, 0.3) is 0 Å². The zero-order chi connectivity index (χ0) is 19.6. The molecule has 0 bridgehead atoms. The van der Waals surface area contributed by atoms with Crippen LogP contribution < -0.4 is 10.6 Å². The van der Waals surface area contributed by atoms with Gasteiger partial charge in [-0.25, -0.2) is 15.0 Å². The minimum atomic E-state index is -4.32. The van der Waals surface area contributed by atoms with Crippen LogP contribution in [0.4, 0.5) is 19.0 Å². The predicted octanol–water partition coefficient (Wildman–Crippen LogP) is 2.28. The number of fused-ring (bicyclic) bond motifs is 1. The van der Waals surface area contributed by atoms with Crippen LogP contribution in [0.5, 0.6) is 0 Å². The Morgan fingerprint density at radius 3 is 2.81 bits per heavy atom. The maximum Gasteiger partial charge on any atom is 0.401 e. The minimum Gasteiger partial charge on any atom is -0.365 e. The number of thiazole rings is 1. The van der Waals surface area contributed by atoms with E-state index in [1.807, 2.05) is 0 Å². The van der Waals surface area contributed by atoms with Crippen LogP contribution in [0.2, 0.25) is 0 Å². The highest BCUT2D eigenvalue weighted by Crippen LogP contribution is 2.31. The molecule has 1 fully saturated rings. The molecule has 1 atom stereocenters. The minimum absolute atomic E-state index is 0.233. The van der Waals surface area contributed by atoms with Crippen LogP contribution in [0.25, 0.3) is 10.3 Å². The highest BCUT2D eigenvalue weighted by Gasteiger charge is 2.34. The van der Waals surface area contributed by atoms with E-state index < -0.39 is 24.7 Å². The number of amides is 1. The summed E-state index contributed by atoms with van der Waals surface area (Å²) in [6, 6.07) is -0.600. The Bertz CT molecular complexity index is 792. The van der Waals surface area contributed by atoms with Crippen LogP contribution in [0, 0.1) is 5.92 Å². The van der Waals surface area contributed by atoms with Crippen LogP contribution in [0.15, 0.2) is 11.8 Å². The van der Waals surface area contributed by atoms with E-state index in [2.05, 4.69) is 25.6 Å². The average Bonchev–Trinajstić information content (AvgIpc) is 3.03. The molecule has 2 heterocycles. The molecule has 1 amide bonds. The number of hydrogen-bond donors (Lipinski definition) is 2. The molecule has 1 saturated carbocycles. The van der Waals surface area contributed by atoms with Gasteiger partial charge in [-0.15, -0.1) is 11.3 Å². The number of hydrogen-bond acceptors (Lipinski definition) is 7. The van der Waals surface area contributed by atoms with Crippen molar-refractivity contribution in [3.63, 3.8) is 0 Å². The number of carbonyl (C=O) groups is 1. The number of likely N-dealkylation sites (N-methyl/N-ethyl adjacent to an activating group) is 1. The normalized spacial score (nSPS) is 21.1. The number of anilines is 1. The van der Waals surface area contributed by atoms with Crippen LogP contribution in [0.1, 0.15) is 19.8 Å². The van der Waals surface area contributed by atoms with Gasteiger partial charge in [-0.3, -0.25) is 9.69 Å². The number of halogens is 3. The van der Waals surface area contributed by atoms with Crippen molar-refractivity contribution in [3.05, 3.63) is 11.8 Å². The summed E-state index contributed by atoms with van der Waals surface area (Å²) in [5.74, 6) is 0.605. The summed E-state index contributed by atoms with van der Waals surface area (Å²) in [6.07, 6.45) is -1.12. The first-order valence-corrected chi connectivity index (χ1v) is 9.46. The largest absolute Gasteiger partial charge is 0.401 e. The second-order valence-corrected chi connectivity index (χ2v) is 7.69. The predicted molar refractivity (Wildman–Crippen MR) is 96.5 cm³/mol. The van der Waals surface area contributed by atoms with Crippen molar-refractivity contribution in [2.75, 3.05) is 25.5 Å². The SMILES string of the molecule is CC(C(=O)NCC1CC(Nc2ncnc3scnc23)C1)N(C)CC(F)(F)F. The second-order valence-electron chi connectivity index (χ2n) is 6.86. The Hall–Kier alpha value is -2.01. The first-order valence-electron chi connectivity index (χ1n) is 8.58. The number of aromatic nitrogens is 3. The second kappa shape index (κ2) is 7.93. The molecule has 2 aromatic rings. The van der Waals surface area contributed by atoms with Gasteiger partial charge in [0.1, 0.15) is 16.7 Å². The van der Waals surface area contributed by atoms with Crippen molar-refractivity contribution in [2.24, 2.45) is 5.92 Å².